The van der Waals surface area contributed by atoms with E-state index in [2.05, 4.69) is 31.0 Å². The molecule has 0 aliphatic carbocycles. The summed E-state index contributed by atoms with van der Waals surface area (Å²) in [6, 6.07) is -0.0326. The van der Waals surface area contributed by atoms with E-state index in [-0.39, 0.29) is 29.4 Å². The number of hydrogen-bond donors (Lipinski definition) is 1. The van der Waals surface area contributed by atoms with Gasteiger partial charge in [0.25, 0.3) is 0 Å². The van der Waals surface area contributed by atoms with E-state index in [0.717, 1.165) is 32.5 Å². The van der Waals surface area contributed by atoms with Gasteiger partial charge in [0.15, 0.2) is 0 Å². The molecule has 0 spiro atoms. The maximum Gasteiger partial charge on any atom is 0.239 e. The molecule has 2 aliphatic rings. The molecule has 0 aromatic rings. The van der Waals surface area contributed by atoms with Crippen LogP contribution < -0.4 is 5.32 Å². The molecular formula is C17H31N3O3. The van der Waals surface area contributed by atoms with Crippen molar-refractivity contribution in [3.63, 3.8) is 0 Å². The van der Waals surface area contributed by atoms with Gasteiger partial charge in [-0.2, -0.15) is 0 Å². The lowest BCUT2D eigenvalue weighted by molar-refractivity contribution is -0.145. The average molecular weight is 325 g/mol. The van der Waals surface area contributed by atoms with Gasteiger partial charge < -0.3 is 15.0 Å². The Morgan fingerprint density at radius 1 is 1.35 bits per heavy atom. The second-order valence-corrected chi connectivity index (χ2v) is 7.90. The zero-order chi connectivity index (χ0) is 17.0. The number of hydrogen-bond acceptors (Lipinski definition) is 4. The molecule has 6 heteroatoms. The molecule has 2 amide bonds. The highest BCUT2D eigenvalue weighted by Gasteiger charge is 2.36. The predicted octanol–water partition coefficient (Wildman–Crippen LogP) is 0.860. The van der Waals surface area contributed by atoms with Crippen molar-refractivity contribution in [3.05, 3.63) is 0 Å². The van der Waals surface area contributed by atoms with Crippen LogP contribution in [0.5, 0.6) is 0 Å². The topological polar surface area (TPSA) is 61.9 Å². The fourth-order valence-corrected chi connectivity index (χ4v) is 3.39. The Balaban J connectivity index is 1.94. The third-order valence-electron chi connectivity index (χ3n) is 4.36. The molecule has 2 atom stereocenters. The number of nitrogens with zero attached hydrogens (tertiary/aromatic N) is 2. The lowest BCUT2D eigenvalue weighted by atomic mass is 9.93. The van der Waals surface area contributed by atoms with Crippen LogP contribution >= 0.6 is 0 Å². The summed E-state index contributed by atoms with van der Waals surface area (Å²) >= 11 is 0. The van der Waals surface area contributed by atoms with E-state index in [9.17, 15) is 9.59 Å². The molecule has 2 unspecified atom stereocenters. The number of ether oxygens (including phenoxy) is 1. The van der Waals surface area contributed by atoms with Gasteiger partial charge in [0.05, 0.1) is 18.8 Å². The third kappa shape index (κ3) is 5.46. The lowest BCUT2D eigenvalue weighted by Gasteiger charge is -2.43. The number of piperidine rings is 1. The van der Waals surface area contributed by atoms with Gasteiger partial charge in [-0.05, 0) is 18.3 Å². The number of rotatable bonds is 4. The normalized spacial score (nSPS) is 27.1. The van der Waals surface area contributed by atoms with Gasteiger partial charge in [-0.15, -0.1) is 0 Å². The van der Waals surface area contributed by atoms with E-state index >= 15 is 0 Å². The SMILES string of the molecule is CC(=O)NCC1CN(C2CCCN(CC(C)(C)C)C2=O)CCO1. The van der Waals surface area contributed by atoms with Crippen LogP contribution in [0.3, 0.4) is 0 Å². The molecule has 2 heterocycles. The summed E-state index contributed by atoms with van der Waals surface area (Å²) in [5.74, 6) is 0.210. The van der Waals surface area contributed by atoms with Gasteiger partial charge in [-0.3, -0.25) is 14.5 Å². The predicted molar refractivity (Wildman–Crippen MR) is 89.1 cm³/mol. The third-order valence-corrected chi connectivity index (χ3v) is 4.36. The summed E-state index contributed by atoms with van der Waals surface area (Å²) in [6.07, 6.45) is 1.95. The van der Waals surface area contributed by atoms with Crippen molar-refractivity contribution in [2.45, 2.75) is 52.7 Å². The standard InChI is InChI=1S/C17H31N3O3/c1-13(21)18-10-14-11-19(8-9-23-14)15-6-5-7-20(16(15)22)12-17(2,3)4/h14-15H,5-12H2,1-4H3,(H,18,21). The highest BCUT2D eigenvalue weighted by molar-refractivity contribution is 5.82. The van der Waals surface area contributed by atoms with Crippen LogP contribution in [0.1, 0.15) is 40.5 Å². The van der Waals surface area contributed by atoms with Gasteiger partial charge in [0.1, 0.15) is 0 Å². The smallest absolute Gasteiger partial charge is 0.239 e. The molecule has 2 rings (SSSR count). The average Bonchev–Trinajstić information content (AvgIpc) is 2.46. The van der Waals surface area contributed by atoms with Gasteiger partial charge in [0, 0.05) is 39.6 Å². The van der Waals surface area contributed by atoms with E-state index in [1.165, 1.54) is 6.92 Å². The minimum absolute atomic E-state index is 0.0292. The first-order valence-corrected chi connectivity index (χ1v) is 8.65. The Morgan fingerprint density at radius 2 is 2.09 bits per heavy atom. The summed E-state index contributed by atoms with van der Waals surface area (Å²) in [7, 11) is 0. The molecule has 0 radical (unpaired) electrons. The highest BCUT2D eigenvalue weighted by Crippen LogP contribution is 2.23. The first-order chi connectivity index (χ1) is 10.8. The van der Waals surface area contributed by atoms with E-state index in [1.807, 2.05) is 4.90 Å². The molecule has 0 saturated carbocycles. The fraction of sp³-hybridized carbons (Fsp3) is 0.882. The Hall–Kier alpha value is -1.14. The Labute approximate surface area is 139 Å². The quantitative estimate of drug-likeness (QED) is 0.833. The zero-order valence-corrected chi connectivity index (χ0v) is 14.9. The zero-order valence-electron chi connectivity index (χ0n) is 14.9. The molecular weight excluding hydrogens is 294 g/mol. The fourth-order valence-electron chi connectivity index (χ4n) is 3.39. The molecule has 2 aliphatic heterocycles. The number of morpholine rings is 1. The highest BCUT2D eigenvalue weighted by atomic mass is 16.5. The molecule has 2 saturated heterocycles. The molecule has 6 nitrogen and oxygen atoms in total. The molecule has 2 fully saturated rings. The van der Waals surface area contributed by atoms with Crippen LogP contribution in [-0.2, 0) is 14.3 Å². The monoisotopic (exact) mass is 325 g/mol. The maximum absolute atomic E-state index is 12.8. The van der Waals surface area contributed by atoms with E-state index in [4.69, 9.17) is 4.74 Å². The van der Waals surface area contributed by atoms with Crippen LogP contribution in [0.2, 0.25) is 0 Å². The number of nitrogens with one attached hydrogen (secondary N) is 1. The van der Waals surface area contributed by atoms with Gasteiger partial charge >= 0.3 is 0 Å². The molecule has 1 N–H and O–H groups in total. The lowest BCUT2D eigenvalue weighted by Crippen LogP contribution is -2.58. The van der Waals surface area contributed by atoms with Crippen molar-refractivity contribution in [1.82, 2.24) is 15.1 Å². The van der Waals surface area contributed by atoms with Crippen LogP contribution in [-0.4, -0.2) is 73.1 Å². The number of carbonyl (C=O) groups is 2. The van der Waals surface area contributed by atoms with Gasteiger partial charge in [0.2, 0.25) is 11.8 Å². The van der Waals surface area contributed by atoms with Gasteiger partial charge in [-0.1, -0.05) is 20.8 Å². The van der Waals surface area contributed by atoms with Crippen LogP contribution in [0, 0.1) is 5.41 Å². The summed E-state index contributed by atoms with van der Waals surface area (Å²) in [6.45, 7) is 12.3. The summed E-state index contributed by atoms with van der Waals surface area (Å²) in [4.78, 5) is 28.2. The Morgan fingerprint density at radius 3 is 2.74 bits per heavy atom. The number of amides is 2. The van der Waals surface area contributed by atoms with Crippen molar-refractivity contribution < 1.29 is 14.3 Å². The largest absolute Gasteiger partial charge is 0.374 e. The molecule has 0 aromatic carbocycles. The molecule has 132 valence electrons. The Bertz CT molecular complexity index is 433. The minimum atomic E-state index is -0.0455. The first kappa shape index (κ1) is 18.2. The van der Waals surface area contributed by atoms with Crippen molar-refractivity contribution in [2.24, 2.45) is 5.41 Å². The minimum Gasteiger partial charge on any atom is -0.374 e. The second-order valence-electron chi connectivity index (χ2n) is 7.90. The van der Waals surface area contributed by atoms with Crippen molar-refractivity contribution in [1.29, 1.82) is 0 Å². The van der Waals surface area contributed by atoms with Crippen molar-refractivity contribution >= 4 is 11.8 Å². The first-order valence-electron chi connectivity index (χ1n) is 8.65. The van der Waals surface area contributed by atoms with Crippen LogP contribution in [0.25, 0.3) is 0 Å². The number of likely N-dealkylation sites (tertiary alicyclic amines) is 1. The number of carbonyl (C=O) groups excluding carboxylic acids is 2. The molecule has 0 bridgehead atoms. The summed E-state index contributed by atoms with van der Waals surface area (Å²) in [5.41, 5.74) is 0.122. The van der Waals surface area contributed by atoms with Crippen molar-refractivity contribution in [2.75, 3.05) is 39.3 Å². The van der Waals surface area contributed by atoms with E-state index < -0.39 is 0 Å². The van der Waals surface area contributed by atoms with E-state index in [1.54, 1.807) is 0 Å². The van der Waals surface area contributed by atoms with Crippen molar-refractivity contribution in [3.8, 4) is 0 Å². The maximum atomic E-state index is 12.8. The van der Waals surface area contributed by atoms with Crippen LogP contribution in [0.4, 0.5) is 0 Å². The Kier molecular flexibility index (Phi) is 6.03. The van der Waals surface area contributed by atoms with E-state index in [0.29, 0.717) is 19.7 Å². The molecule has 0 aromatic heterocycles. The van der Waals surface area contributed by atoms with Crippen LogP contribution in [0.15, 0.2) is 0 Å². The summed E-state index contributed by atoms with van der Waals surface area (Å²) < 4.78 is 5.71. The second kappa shape index (κ2) is 7.62. The summed E-state index contributed by atoms with van der Waals surface area (Å²) in [5, 5.41) is 2.80. The molecule has 23 heavy (non-hydrogen) atoms. The van der Waals surface area contributed by atoms with Gasteiger partial charge in [-0.25, -0.2) is 0 Å².